The Morgan fingerprint density at radius 3 is 2.44 bits per heavy atom. The molecule has 0 aromatic carbocycles. The first-order chi connectivity index (χ1) is 8.32. The number of carboxylic acid groups (broad SMARTS) is 1. The molecule has 1 atom stereocenters. The van der Waals surface area contributed by atoms with Crippen molar-refractivity contribution in [2.45, 2.75) is 27.7 Å². The largest absolute Gasteiger partial charge is 0.481 e. The van der Waals surface area contributed by atoms with Crippen LogP contribution >= 0.6 is 0 Å². The zero-order chi connectivity index (χ0) is 13.9. The van der Waals surface area contributed by atoms with Gasteiger partial charge in [0.25, 0.3) is 0 Å². The maximum atomic E-state index is 12.1. The molecule has 0 aliphatic rings. The van der Waals surface area contributed by atoms with Crippen molar-refractivity contribution < 1.29 is 19.2 Å². The van der Waals surface area contributed by atoms with Crippen molar-refractivity contribution in [2.24, 2.45) is 11.8 Å². The van der Waals surface area contributed by atoms with Gasteiger partial charge in [0.15, 0.2) is 5.82 Å². The van der Waals surface area contributed by atoms with Crippen LogP contribution in [0.5, 0.6) is 0 Å². The van der Waals surface area contributed by atoms with Crippen LogP contribution in [0.1, 0.15) is 26.5 Å². The zero-order valence-corrected chi connectivity index (χ0v) is 11.0. The van der Waals surface area contributed by atoms with E-state index in [0.29, 0.717) is 11.6 Å². The number of nitrogens with zero attached hydrogens (tertiary/aromatic N) is 2. The SMILES string of the molecule is Cc1cc(N(CC(C)C(=O)O)C(=O)C(C)C)no1. The molecule has 1 rings (SSSR count). The van der Waals surface area contributed by atoms with Gasteiger partial charge in [-0.15, -0.1) is 0 Å². The minimum Gasteiger partial charge on any atom is -0.481 e. The summed E-state index contributed by atoms with van der Waals surface area (Å²) in [5.41, 5.74) is 0. The van der Waals surface area contributed by atoms with Crippen molar-refractivity contribution >= 4 is 17.7 Å². The maximum absolute atomic E-state index is 12.1. The zero-order valence-electron chi connectivity index (χ0n) is 11.0. The van der Waals surface area contributed by atoms with E-state index in [-0.39, 0.29) is 18.4 Å². The van der Waals surface area contributed by atoms with Crippen LogP contribution in [0.25, 0.3) is 0 Å². The van der Waals surface area contributed by atoms with Gasteiger partial charge in [-0.1, -0.05) is 25.9 Å². The lowest BCUT2D eigenvalue weighted by Crippen LogP contribution is -2.39. The van der Waals surface area contributed by atoms with Crippen LogP contribution in [0.3, 0.4) is 0 Å². The Morgan fingerprint density at radius 2 is 2.06 bits per heavy atom. The van der Waals surface area contributed by atoms with E-state index < -0.39 is 11.9 Å². The summed E-state index contributed by atoms with van der Waals surface area (Å²) < 4.78 is 4.93. The van der Waals surface area contributed by atoms with Crippen LogP contribution in [0, 0.1) is 18.8 Å². The monoisotopic (exact) mass is 254 g/mol. The summed E-state index contributed by atoms with van der Waals surface area (Å²) in [6.07, 6.45) is 0. The van der Waals surface area contributed by atoms with Gasteiger partial charge in [0.1, 0.15) is 5.76 Å². The van der Waals surface area contributed by atoms with Crippen LogP contribution < -0.4 is 4.90 Å². The Morgan fingerprint density at radius 1 is 1.44 bits per heavy atom. The standard InChI is InChI=1S/C12H18N2O4/c1-7(2)11(15)14(6-8(3)12(16)17)10-5-9(4)18-13-10/h5,7-8H,6H2,1-4H3,(H,16,17). The molecule has 0 saturated carbocycles. The maximum Gasteiger partial charge on any atom is 0.308 e. The number of rotatable bonds is 5. The van der Waals surface area contributed by atoms with Crippen molar-refractivity contribution in [3.05, 3.63) is 11.8 Å². The van der Waals surface area contributed by atoms with Gasteiger partial charge in [0, 0.05) is 18.5 Å². The number of carboxylic acids is 1. The third-order valence-corrected chi connectivity index (χ3v) is 2.53. The lowest BCUT2D eigenvalue weighted by atomic mass is 10.1. The van der Waals surface area contributed by atoms with Gasteiger partial charge in [0.05, 0.1) is 5.92 Å². The average Bonchev–Trinajstić information content (AvgIpc) is 2.70. The molecule has 1 amide bonds. The van der Waals surface area contributed by atoms with Crippen LogP contribution in [-0.2, 0) is 9.59 Å². The third kappa shape index (κ3) is 3.32. The quantitative estimate of drug-likeness (QED) is 0.864. The topological polar surface area (TPSA) is 83.6 Å². The first-order valence-corrected chi connectivity index (χ1v) is 5.80. The van der Waals surface area contributed by atoms with Gasteiger partial charge >= 0.3 is 5.97 Å². The van der Waals surface area contributed by atoms with Gasteiger partial charge in [0.2, 0.25) is 5.91 Å². The first-order valence-electron chi connectivity index (χ1n) is 5.80. The number of carbonyl (C=O) groups excluding carboxylic acids is 1. The average molecular weight is 254 g/mol. The molecule has 6 heteroatoms. The second-order valence-electron chi connectivity index (χ2n) is 4.64. The number of aryl methyl sites for hydroxylation is 1. The van der Waals surface area contributed by atoms with E-state index in [1.54, 1.807) is 33.8 Å². The molecule has 1 aromatic rings. The summed E-state index contributed by atoms with van der Waals surface area (Å²) in [6.45, 7) is 6.87. The van der Waals surface area contributed by atoms with Crippen LogP contribution in [-0.4, -0.2) is 28.7 Å². The number of aliphatic carboxylic acids is 1. The summed E-state index contributed by atoms with van der Waals surface area (Å²) in [5.74, 6) is -1.07. The van der Waals surface area contributed by atoms with E-state index in [1.165, 1.54) is 4.90 Å². The van der Waals surface area contributed by atoms with E-state index in [4.69, 9.17) is 9.63 Å². The van der Waals surface area contributed by atoms with E-state index in [2.05, 4.69) is 5.16 Å². The lowest BCUT2D eigenvalue weighted by molar-refractivity contribution is -0.140. The normalized spacial score (nSPS) is 12.5. The number of carbonyl (C=O) groups is 2. The highest BCUT2D eigenvalue weighted by molar-refractivity contribution is 5.94. The van der Waals surface area contributed by atoms with E-state index in [1.807, 2.05) is 0 Å². The summed E-state index contributed by atoms with van der Waals surface area (Å²) >= 11 is 0. The van der Waals surface area contributed by atoms with Gasteiger partial charge in [-0.05, 0) is 6.92 Å². The van der Waals surface area contributed by atoms with Crippen molar-refractivity contribution in [1.82, 2.24) is 5.16 Å². The minimum atomic E-state index is -0.947. The van der Waals surface area contributed by atoms with Gasteiger partial charge < -0.3 is 9.63 Å². The second-order valence-corrected chi connectivity index (χ2v) is 4.64. The molecule has 0 radical (unpaired) electrons. The molecule has 18 heavy (non-hydrogen) atoms. The molecular weight excluding hydrogens is 236 g/mol. The summed E-state index contributed by atoms with van der Waals surface area (Å²) in [6, 6.07) is 1.62. The first kappa shape index (κ1) is 14.2. The number of hydrogen-bond donors (Lipinski definition) is 1. The van der Waals surface area contributed by atoms with Gasteiger partial charge in [-0.2, -0.15) is 0 Å². The summed E-state index contributed by atoms with van der Waals surface area (Å²) in [7, 11) is 0. The Kier molecular flexibility index (Phi) is 4.47. The molecule has 0 spiro atoms. The minimum absolute atomic E-state index is 0.0817. The Labute approximate surface area is 106 Å². The van der Waals surface area contributed by atoms with Crippen LogP contribution in [0.4, 0.5) is 5.82 Å². The van der Waals surface area contributed by atoms with E-state index in [0.717, 1.165) is 0 Å². The Bertz CT molecular complexity index is 439. The molecule has 0 aliphatic heterocycles. The predicted octanol–water partition coefficient (Wildman–Crippen LogP) is 1.69. The van der Waals surface area contributed by atoms with Crippen molar-refractivity contribution in [3.8, 4) is 0 Å². The number of aromatic nitrogens is 1. The molecule has 0 aliphatic carbocycles. The highest BCUT2D eigenvalue weighted by atomic mass is 16.5. The lowest BCUT2D eigenvalue weighted by Gasteiger charge is -2.23. The number of anilines is 1. The van der Waals surface area contributed by atoms with E-state index >= 15 is 0 Å². The highest BCUT2D eigenvalue weighted by Crippen LogP contribution is 2.18. The van der Waals surface area contributed by atoms with E-state index in [9.17, 15) is 9.59 Å². The van der Waals surface area contributed by atoms with Crippen molar-refractivity contribution in [3.63, 3.8) is 0 Å². The third-order valence-electron chi connectivity index (χ3n) is 2.53. The Balaban J connectivity index is 2.95. The molecule has 6 nitrogen and oxygen atoms in total. The van der Waals surface area contributed by atoms with Crippen molar-refractivity contribution in [2.75, 3.05) is 11.4 Å². The molecule has 1 unspecified atom stereocenters. The van der Waals surface area contributed by atoms with Crippen LogP contribution in [0.15, 0.2) is 10.6 Å². The molecule has 0 saturated heterocycles. The van der Waals surface area contributed by atoms with Crippen LogP contribution in [0.2, 0.25) is 0 Å². The smallest absolute Gasteiger partial charge is 0.308 e. The molecule has 0 bridgehead atoms. The molecule has 100 valence electrons. The number of amides is 1. The Hall–Kier alpha value is -1.85. The molecule has 0 fully saturated rings. The molecule has 1 aromatic heterocycles. The highest BCUT2D eigenvalue weighted by Gasteiger charge is 2.25. The summed E-state index contributed by atoms with van der Waals surface area (Å²) in [5, 5.41) is 12.7. The fourth-order valence-corrected chi connectivity index (χ4v) is 1.44. The second kappa shape index (κ2) is 5.66. The molecular formula is C12H18N2O4. The number of hydrogen-bond acceptors (Lipinski definition) is 4. The van der Waals surface area contributed by atoms with Crippen molar-refractivity contribution in [1.29, 1.82) is 0 Å². The fraction of sp³-hybridized carbons (Fsp3) is 0.583. The predicted molar refractivity (Wildman–Crippen MR) is 65.2 cm³/mol. The van der Waals surface area contributed by atoms with Gasteiger partial charge in [-0.3, -0.25) is 14.5 Å². The van der Waals surface area contributed by atoms with Gasteiger partial charge in [-0.25, -0.2) is 0 Å². The molecule has 1 heterocycles. The molecule has 1 N–H and O–H groups in total. The summed E-state index contributed by atoms with van der Waals surface area (Å²) in [4.78, 5) is 24.3. The fourth-order valence-electron chi connectivity index (χ4n) is 1.44.